The van der Waals surface area contributed by atoms with Gasteiger partial charge in [-0.05, 0) is 61.0 Å². The summed E-state index contributed by atoms with van der Waals surface area (Å²) in [5.41, 5.74) is 2.46. The van der Waals surface area contributed by atoms with Crippen LogP contribution in [-0.4, -0.2) is 37.5 Å². The van der Waals surface area contributed by atoms with Crippen molar-refractivity contribution in [2.45, 2.75) is 13.5 Å². The largest absolute Gasteiger partial charge is 0.494 e. The van der Waals surface area contributed by atoms with E-state index in [9.17, 15) is 14.4 Å². The second-order valence-electron chi connectivity index (χ2n) is 7.85. The molecule has 1 aliphatic heterocycles. The Kier molecular flexibility index (Phi) is 7.52. The first-order chi connectivity index (χ1) is 16.9. The first-order valence-electron chi connectivity index (χ1n) is 11.2. The van der Waals surface area contributed by atoms with E-state index in [0.29, 0.717) is 41.0 Å². The van der Waals surface area contributed by atoms with Crippen LogP contribution in [0.5, 0.6) is 5.75 Å². The molecule has 3 aromatic rings. The van der Waals surface area contributed by atoms with Crippen LogP contribution in [0.3, 0.4) is 0 Å². The highest BCUT2D eigenvalue weighted by Gasteiger charge is 2.33. The number of rotatable bonds is 7. The Labute approximate surface area is 208 Å². The standard InChI is InChI=1S/C26H25ClN4O4/c1-2-35-21-12-10-20(11-13-21)29-26(34)31-17-25(33)30(22-8-3-4-9-23(22)31)16-24(32)28-15-18-6-5-7-19(27)14-18/h3-14H,2,15-17H2,1H3,(H,28,32)(H,29,34). The minimum atomic E-state index is -0.444. The van der Waals surface area contributed by atoms with Crippen LogP contribution in [0.2, 0.25) is 5.02 Å². The third-order valence-electron chi connectivity index (χ3n) is 5.40. The fourth-order valence-electron chi connectivity index (χ4n) is 3.75. The summed E-state index contributed by atoms with van der Waals surface area (Å²) in [5, 5.41) is 6.21. The average molecular weight is 493 g/mol. The van der Waals surface area contributed by atoms with Gasteiger partial charge in [0.05, 0.1) is 18.0 Å². The van der Waals surface area contributed by atoms with Crippen molar-refractivity contribution in [3.8, 4) is 5.75 Å². The van der Waals surface area contributed by atoms with Gasteiger partial charge in [0.25, 0.3) is 0 Å². The smallest absolute Gasteiger partial charge is 0.326 e. The second-order valence-corrected chi connectivity index (χ2v) is 8.29. The fourth-order valence-corrected chi connectivity index (χ4v) is 3.97. The maximum absolute atomic E-state index is 13.0. The SMILES string of the molecule is CCOc1ccc(NC(=O)N2CC(=O)N(CC(=O)NCc3cccc(Cl)c3)c3ccccc32)cc1. The Morgan fingerprint density at radius 1 is 1.00 bits per heavy atom. The number of urea groups is 1. The molecule has 0 aromatic heterocycles. The number of amides is 4. The molecule has 1 heterocycles. The highest BCUT2D eigenvalue weighted by molar-refractivity contribution is 6.30. The summed E-state index contributed by atoms with van der Waals surface area (Å²) in [5.74, 6) is 0.0251. The maximum atomic E-state index is 13.0. The Morgan fingerprint density at radius 3 is 2.46 bits per heavy atom. The monoisotopic (exact) mass is 492 g/mol. The zero-order valence-electron chi connectivity index (χ0n) is 19.2. The number of anilines is 3. The molecule has 0 radical (unpaired) electrons. The Morgan fingerprint density at radius 2 is 1.74 bits per heavy atom. The highest BCUT2D eigenvalue weighted by Crippen LogP contribution is 2.33. The molecular formula is C26H25ClN4O4. The van der Waals surface area contributed by atoms with E-state index in [1.807, 2.05) is 13.0 Å². The topological polar surface area (TPSA) is 91.0 Å². The Hall–Kier alpha value is -4.04. The highest BCUT2D eigenvalue weighted by atomic mass is 35.5. The number of hydrogen-bond donors (Lipinski definition) is 2. The number of nitrogens with zero attached hydrogens (tertiary/aromatic N) is 2. The Bertz CT molecular complexity index is 1230. The lowest BCUT2D eigenvalue weighted by molar-refractivity contribution is -0.123. The van der Waals surface area contributed by atoms with E-state index in [1.165, 1.54) is 9.80 Å². The number of carbonyl (C=O) groups excluding carboxylic acids is 3. The van der Waals surface area contributed by atoms with Crippen LogP contribution in [-0.2, 0) is 16.1 Å². The summed E-state index contributed by atoms with van der Waals surface area (Å²) in [6.45, 7) is 2.38. The lowest BCUT2D eigenvalue weighted by atomic mass is 10.1. The van der Waals surface area contributed by atoms with Gasteiger partial charge in [0.1, 0.15) is 18.8 Å². The van der Waals surface area contributed by atoms with Gasteiger partial charge in [-0.1, -0.05) is 35.9 Å². The van der Waals surface area contributed by atoms with E-state index in [1.54, 1.807) is 66.7 Å². The molecule has 0 atom stereocenters. The molecule has 9 heteroatoms. The summed E-state index contributed by atoms with van der Waals surface area (Å²) in [6, 6.07) is 20.7. The second kappa shape index (κ2) is 10.9. The predicted molar refractivity (Wildman–Crippen MR) is 136 cm³/mol. The first-order valence-corrected chi connectivity index (χ1v) is 11.5. The lowest BCUT2D eigenvalue weighted by Gasteiger charge is -2.35. The zero-order chi connectivity index (χ0) is 24.8. The maximum Gasteiger partial charge on any atom is 0.326 e. The van der Waals surface area contributed by atoms with Gasteiger partial charge < -0.3 is 15.4 Å². The van der Waals surface area contributed by atoms with E-state index in [4.69, 9.17) is 16.3 Å². The van der Waals surface area contributed by atoms with Crippen LogP contribution in [0.4, 0.5) is 21.9 Å². The molecular weight excluding hydrogens is 468 g/mol. The van der Waals surface area contributed by atoms with E-state index in [2.05, 4.69) is 10.6 Å². The minimum absolute atomic E-state index is 0.162. The molecule has 35 heavy (non-hydrogen) atoms. The van der Waals surface area contributed by atoms with Crippen molar-refractivity contribution >= 4 is 46.5 Å². The third-order valence-corrected chi connectivity index (χ3v) is 5.64. The fraction of sp³-hybridized carbons (Fsp3) is 0.192. The van der Waals surface area contributed by atoms with Gasteiger partial charge in [0.2, 0.25) is 11.8 Å². The van der Waals surface area contributed by atoms with Gasteiger partial charge in [0.15, 0.2) is 0 Å². The van der Waals surface area contributed by atoms with Crippen LogP contribution in [0.1, 0.15) is 12.5 Å². The molecule has 0 fully saturated rings. The summed E-state index contributed by atoms with van der Waals surface area (Å²) in [6.07, 6.45) is 0. The molecule has 1 aliphatic rings. The van der Waals surface area contributed by atoms with Gasteiger partial charge >= 0.3 is 6.03 Å². The molecule has 4 rings (SSSR count). The van der Waals surface area contributed by atoms with Crippen molar-refractivity contribution in [2.75, 3.05) is 34.8 Å². The number of ether oxygens (including phenoxy) is 1. The number of nitrogens with one attached hydrogen (secondary N) is 2. The van der Waals surface area contributed by atoms with Gasteiger partial charge in [-0.2, -0.15) is 0 Å². The molecule has 180 valence electrons. The molecule has 0 saturated heterocycles. The number of hydrogen-bond acceptors (Lipinski definition) is 4. The van der Waals surface area contributed by atoms with E-state index in [-0.39, 0.29) is 24.9 Å². The molecule has 0 spiro atoms. The molecule has 0 aliphatic carbocycles. The van der Waals surface area contributed by atoms with Crippen LogP contribution >= 0.6 is 11.6 Å². The normalized spacial score (nSPS) is 12.7. The van der Waals surface area contributed by atoms with Gasteiger partial charge in [-0.25, -0.2) is 4.79 Å². The average Bonchev–Trinajstić information content (AvgIpc) is 2.85. The van der Waals surface area contributed by atoms with E-state index >= 15 is 0 Å². The summed E-state index contributed by atoms with van der Waals surface area (Å²) < 4.78 is 5.42. The van der Waals surface area contributed by atoms with Gasteiger partial charge in [0, 0.05) is 17.3 Å². The molecule has 4 amide bonds. The van der Waals surface area contributed by atoms with Crippen LogP contribution in [0.25, 0.3) is 0 Å². The first kappa shape index (κ1) is 24.1. The van der Waals surface area contributed by atoms with Crippen LogP contribution in [0.15, 0.2) is 72.8 Å². The van der Waals surface area contributed by atoms with E-state index < -0.39 is 6.03 Å². The molecule has 2 N–H and O–H groups in total. The quantitative estimate of drug-likeness (QED) is 0.510. The number of para-hydroxylation sites is 2. The van der Waals surface area contributed by atoms with Crippen molar-refractivity contribution in [2.24, 2.45) is 0 Å². The van der Waals surface area contributed by atoms with Crippen LogP contribution < -0.4 is 25.2 Å². The zero-order valence-corrected chi connectivity index (χ0v) is 19.9. The molecule has 8 nitrogen and oxygen atoms in total. The van der Waals surface area contributed by atoms with Crippen molar-refractivity contribution in [1.82, 2.24) is 5.32 Å². The molecule has 0 bridgehead atoms. The number of benzene rings is 3. The number of carbonyl (C=O) groups is 3. The summed E-state index contributed by atoms with van der Waals surface area (Å²) >= 11 is 5.99. The molecule has 3 aromatic carbocycles. The summed E-state index contributed by atoms with van der Waals surface area (Å²) in [7, 11) is 0. The lowest BCUT2D eigenvalue weighted by Crippen LogP contribution is -2.51. The number of fused-ring (bicyclic) bond motifs is 1. The van der Waals surface area contributed by atoms with Crippen LogP contribution in [0, 0.1) is 0 Å². The summed E-state index contributed by atoms with van der Waals surface area (Å²) in [4.78, 5) is 41.4. The molecule has 0 saturated carbocycles. The van der Waals surface area contributed by atoms with Crippen molar-refractivity contribution < 1.29 is 19.1 Å². The van der Waals surface area contributed by atoms with Gasteiger partial charge in [-0.3, -0.25) is 19.4 Å². The van der Waals surface area contributed by atoms with E-state index in [0.717, 1.165) is 5.56 Å². The third kappa shape index (κ3) is 5.91. The molecule has 0 unspecified atom stereocenters. The Balaban J connectivity index is 1.45. The predicted octanol–water partition coefficient (Wildman–Crippen LogP) is 4.44. The van der Waals surface area contributed by atoms with Crippen molar-refractivity contribution in [1.29, 1.82) is 0 Å². The van der Waals surface area contributed by atoms with Crippen molar-refractivity contribution in [3.05, 3.63) is 83.4 Å². The van der Waals surface area contributed by atoms with Crippen molar-refractivity contribution in [3.63, 3.8) is 0 Å². The minimum Gasteiger partial charge on any atom is -0.494 e. The number of halogens is 1. The van der Waals surface area contributed by atoms with Gasteiger partial charge in [-0.15, -0.1) is 0 Å².